The van der Waals surface area contributed by atoms with E-state index >= 15 is 4.39 Å². The van der Waals surface area contributed by atoms with Gasteiger partial charge in [0.15, 0.2) is 0 Å². The zero-order valence-corrected chi connectivity index (χ0v) is 19.1. The Morgan fingerprint density at radius 1 is 1.17 bits per heavy atom. The van der Waals surface area contributed by atoms with Crippen molar-refractivity contribution in [2.45, 2.75) is 50.7 Å². The van der Waals surface area contributed by atoms with Crippen molar-refractivity contribution in [3.63, 3.8) is 0 Å². The van der Waals surface area contributed by atoms with Gasteiger partial charge in [-0.2, -0.15) is 0 Å². The van der Waals surface area contributed by atoms with Crippen LogP contribution in [0.4, 0.5) is 4.39 Å². The summed E-state index contributed by atoms with van der Waals surface area (Å²) in [5, 5.41) is 14.0. The van der Waals surface area contributed by atoms with Gasteiger partial charge >= 0.3 is 5.97 Å². The Labute approximate surface area is 190 Å². The number of benzene rings is 2. The van der Waals surface area contributed by atoms with Gasteiger partial charge in [0.25, 0.3) is 0 Å². The lowest BCUT2D eigenvalue weighted by atomic mass is 9.68. The molecule has 4 N–H and O–H groups in total. The SMILES string of the molecule is CC(C)(C)C[C@@H]1N[C@@H](C(=O)O)[C@H](c2ccc(Cl)c(Cl)c2)[C@@]1(N)c1ccc(Cl)cc1F. The molecule has 162 valence electrons. The molecule has 8 heteroatoms. The highest BCUT2D eigenvalue weighted by Crippen LogP contribution is 2.49. The quantitative estimate of drug-likeness (QED) is 0.541. The average molecular weight is 474 g/mol. The van der Waals surface area contributed by atoms with Crippen LogP contribution in [0.5, 0.6) is 0 Å². The molecule has 2 aromatic carbocycles. The summed E-state index contributed by atoms with van der Waals surface area (Å²) in [4.78, 5) is 12.2. The molecule has 0 unspecified atom stereocenters. The van der Waals surface area contributed by atoms with Crippen LogP contribution in [0.15, 0.2) is 36.4 Å². The molecule has 0 bridgehead atoms. The van der Waals surface area contributed by atoms with Crippen molar-refractivity contribution in [2.75, 3.05) is 0 Å². The van der Waals surface area contributed by atoms with Crippen LogP contribution in [-0.2, 0) is 10.3 Å². The second-order valence-electron chi connectivity index (χ2n) is 9.01. The van der Waals surface area contributed by atoms with E-state index in [0.29, 0.717) is 17.0 Å². The second kappa shape index (κ2) is 8.29. The third-order valence-corrected chi connectivity index (χ3v) is 6.56. The van der Waals surface area contributed by atoms with Crippen molar-refractivity contribution in [3.8, 4) is 0 Å². The molecule has 0 aliphatic carbocycles. The minimum absolute atomic E-state index is 0.194. The highest BCUT2D eigenvalue weighted by Gasteiger charge is 2.57. The van der Waals surface area contributed by atoms with Gasteiger partial charge in [0.05, 0.1) is 15.6 Å². The van der Waals surface area contributed by atoms with E-state index in [1.165, 1.54) is 12.1 Å². The number of rotatable bonds is 4. The molecule has 1 fully saturated rings. The lowest BCUT2D eigenvalue weighted by Gasteiger charge is -2.39. The number of nitrogens with one attached hydrogen (secondary N) is 1. The predicted octanol–water partition coefficient (Wildman–Crippen LogP) is 5.58. The Morgan fingerprint density at radius 3 is 2.37 bits per heavy atom. The molecule has 1 aliphatic rings. The summed E-state index contributed by atoms with van der Waals surface area (Å²) in [5.74, 6) is -2.46. The molecule has 0 radical (unpaired) electrons. The topological polar surface area (TPSA) is 75.3 Å². The maximum atomic E-state index is 15.1. The van der Waals surface area contributed by atoms with Crippen LogP contribution in [0, 0.1) is 11.2 Å². The predicted molar refractivity (Wildman–Crippen MR) is 119 cm³/mol. The van der Waals surface area contributed by atoms with Gasteiger partial charge in [0.1, 0.15) is 11.9 Å². The van der Waals surface area contributed by atoms with Crippen molar-refractivity contribution in [2.24, 2.45) is 11.1 Å². The number of halogens is 4. The number of carboxylic acid groups (broad SMARTS) is 1. The lowest BCUT2D eigenvalue weighted by Crippen LogP contribution is -2.52. The van der Waals surface area contributed by atoms with Crippen LogP contribution >= 0.6 is 34.8 Å². The third kappa shape index (κ3) is 4.32. The molecular weight excluding hydrogens is 450 g/mol. The molecule has 3 rings (SSSR count). The molecule has 4 nitrogen and oxygen atoms in total. The first kappa shape index (κ1) is 23.3. The molecule has 1 aliphatic heterocycles. The Morgan fingerprint density at radius 2 is 1.83 bits per heavy atom. The van der Waals surface area contributed by atoms with Gasteiger partial charge in [-0.15, -0.1) is 0 Å². The van der Waals surface area contributed by atoms with Crippen LogP contribution in [0.3, 0.4) is 0 Å². The Kier molecular flexibility index (Phi) is 6.43. The second-order valence-corrected chi connectivity index (χ2v) is 10.3. The number of carbonyl (C=O) groups is 1. The van der Waals surface area contributed by atoms with E-state index in [9.17, 15) is 9.90 Å². The number of carboxylic acids is 1. The number of hydrogen-bond acceptors (Lipinski definition) is 3. The molecule has 0 spiro atoms. The monoisotopic (exact) mass is 472 g/mol. The van der Waals surface area contributed by atoms with Gasteiger partial charge in [-0.25, -0.2) is 4.39 Å². The fourth-order valence-electron chi connectivity index (χ4n) is 4.37. The highest BCUT2D eigenvalue weighted by molar-refractivity contribution is 6.42. The van der Waals surface area contributed by atoms with Gasteiger partial charge in [0, 0.05) is 22.5 Å². The summed E-state index contributed by atoms with van der Waals surface area (Å²) in [6.07, 6.45) is 0.521. The summed E-state index contributed by atoms with van der Waals surface area (Å²) >= 11 is 18.2. The van der Waals surface area contributed by atoms with Crippen LogP contribution in [-0.4, -0.2) is 23.2 Å². The van der Waals surface area contributed by atoms with E-state index in [4.69, 9.17) is 40.5 Å². The summed E-state index contributed by atoms with van der Waals surface area (Å²) in [7, 11) is 0. The average Bonchev–Trinajstić information content (AvgIpc) is 2.89. The van der Waals surface area contributed by atoms with Crippen LogP contribution in [0.1, 0.15) is 44.2 Å². The fourth-order valence-corrected chi connectivity index (χ4v) is 4.83. The van der Waals surface area contributed by atoms with Crippen molar-refractivity contribution in [1.29, 1.82) is 0 Å². The van der Waals surface area contributed by atoms with Gasteiger partial charge in [-0.1, -0.05) is 67.7 Å². The van der Waals surface area contributed by atoms with Crippen LogP contribution in [0.2, 0.25) is 15.1 Å². The van der Waals surface area contributed by atoms with Crippen LogP contribution in [0.25, 0.3) is 0 Å². The normalized spacial score (nSPS) is 26.7. The van der Waals surface area contributed by atoms with Crippen molar-refractivity contribution >= 4 is 40.8 Å². The standard InChI is InChI=1S/C22H24Cl3FN2O2/c1-21(2,3)10-17-22(27,13-6-5-12(23)9-16(13)26)18(19(28-17)20(29)30)11-4-7-14(24)15(25)8-11/h4-9,17-19,28H,10,27H2,1-3H3,(H,29,30)/t17-,18-,19+,22+/m0/s1. The lowest BCUT2D eigenvalue weighted by molar-refractivity contribution is -0.139. The maximum Gasteiger partial charge on any atom is 0.321 e. The zero-order valence-electron chi connectivity index (χ0n) is 16.8. The van der Waals surface area contributed by atoms with Gasteiger partial charge in [-0.05, 0) is 41.7 Å². The molecule has 4 atom stereocenters. The van der Waals surface area contributed by atoms with Crippen LogP contribution < -0.4 is 11.1 Å². The molecule has 2 aromatic rings. The third-order valence-electron chi connectivity index (χ3n) is 5.59. The number of aliphatic carboxylic acids is 1. The first-order chi connectivity index (χ1) is 13.8. The molecular formula is C22H24Cl3FN2O2. The van der Waals surface area contributed by atoms with Crippen molar-refractivity contribution in [1.82, 2.24) is 5.32 Å². The molecule has 1 heterocycles. The first-order valence-electron chi connectivity index (χ1n) is 9.53. The van der Waals surface area contributed by atoms with Gasteiger partial charge < -0.3 is 10.8 Å². The highest BCUT2D eigenvalue weighted by atomic mass is 35.5. The molecule has 0 aromatic heterocycles. The van der Waals surface area contributed by atoms with E-state index in [-0.39, 0.29) is 21.0 Å². The van der Waals surface area contributed by atoms with E-state index < -0.39 is 35.3 Å². The van der Waals surface area contributed by atoms with E-state index in [2.05, 4.69) is 5.32 Å². The molecule has 1 saturated heterocycles. The number of nitrogens with two attached hydrogens (primary N) is 1. The molecule has 0 saturated carbocycles. The maximum absolute atomic E-state index is 15.1. The summed E-state index contributed by atoms with van der Waals surface area (Å²) < 4.78 is 15.1. The Balaban J connectivity index is 2.27. The number of hydrogen-bond donors (Lipinski definition) is 3. The van der Waals surface area contributed by atoms with E-state index in [0.717, 1.165) is 0 Å². The molecule has 0 amide bonds. The Bertz CT molecular complexity index is 979. The van der Waals surface area contributed by atoms with Gasteiger partial charge in [0.2, 0.25) is 0 Å². The zero-order chi connectivity index (χ0) is 22.4. The fraction of sp³-hybridized carbons (Fsp3) is 0.409. The minimum atomic E-state index is -1.37. The smallest absolute Gasteiger partial charge is 0.321 e. The first-order valence-corrected chi connectivity index (χ1v) is 10.7. The van der Waals surface area contributed by atoms with Gasteiger partial charge in [-0.3, -0.25) is 10.1 Å². The van der Waals surface area contributed by atoms with E-state index in [1.807, 2.05) is 20.8 Å². The van der Waals surface area contributed by atoms with E-state index in [1.54, 1.807) is 24.3 Å². The Hall–Kier alpha value is -1.37. The summed E-state index contributed by atoms with van der Waals surface area (Å²) in [5.41, 5.74) is 6.19. The summed E-state index contributed by atoms with van der Waals surface area (Å²) in [6, 6.07) is 7.59. The molecule has 30 heavy (non-hydrogen) atoms. The minimum Gasteiger partial charge on any atom is -0.480 e. The van der Waals surface area contributed by atoms with Crippen molar-refractivity contribution in [3.05, 3.63) is 68.4 Å². The summed E-state index contributed by atoms with van der Waals surface area (Å²) in [6.45, 7) is 6.07. The van der Waals surface area contributed by atoms with Crippen molar-refractivity contribution < 1.29 is 14.3 Å². The largest absolute Gasteiger partial charge is 0.480 e.